The second-order valence-electron chi connectivity index (χ2n) is 8.84. The number of anilines is 1. The van der Waals surface area contributed by atoms with E-state index in [1.807, 2.05) is 0 Å². The lowest BCUT2D eigenvalue weighted by Crippen LogP contribution is -2.35. The molecule has 3 aromatic carbocycles. The molecule has 0 atom stereocenters. The van der Waals surface area contributed by atoms with Gasteiger partial charge in [0.25, 0.3) is 5.91 Å². The average Bonchev–Trinajstić information content (AvgIpc) is 2.98. The molecule has 1 heterocycles. The van der Waals surface area contributed by atoms with Crippen LogP contribution in [0.2, 0.25) is 0 Å². The number of nitrogens with zero attached hydrogens (tertiary/aromatic N) is 1. The van der Waals surface area contributed by atoms with Crippen LogP contribution >= 0.6 is 0 Å². The van der Waals surface area contributed by atoms with Crippen molar-refractivity contribution in [3.8, 4) is 0 Å². The number of amides is 3. The topological polar surface area (TPSA) is 92.5 Å². The van der Waals surface area contributed by atoms with Gasteiger partial charge in [0.1, 0.15) is 17.5 Å². The van der Waals surface area contributed by atoms with Gasteiger partial charge in [-0.25, -0.2) is 13.2 Å². The van der Waals surface area contributed by atoms with Crippen LogP contribution in [0.25, 0.3) is 0 Å². The number of fused-ring (bicyclic) bond motifs is 1. The standard InChI is InChI=1S/C26H22F3N3O3/c1-26(2)19-7-6-16(24(34)31-12-18-20(28)10-17(27)11-21(18)29)9-22(19)32(25(26)35)13-14-4-3-5-15(8-14)23(30)33/h3-11H,12-13H2,1-2H3,(H2,30,33)(H,31,34). The highest BCUT2D eigenvalue weighted by molar-refractivity contribution is 6.09. The Balaban J connectivity index is 1.61. The molecule has 0 bridgehead atoms. The number of nitrogens with two attached hydrogens (primary N) is 1. The van der Waals surface area contributed by atoms with Crippen molar-refractivity contribution < 1.29 is 27.6 Å². The molecule has 0 spiro atoms. The molecule has 0 aromatic heterocycles. The molecule has 0 radical (unpaired) electrons. The van der Waals surface area contributed by atoms with Crippen LogP contribution in [0.4, 0.5) is 18.9 Å². The van der Waals surface area contributed by atoms with Crippen LogP contribution in [0.5, 0.6) is 0 Å². The van der Waals surface area contributed by atoms with E-state index in [0.717, 1.165) is 0 Å². The maximum absolute atomic E-state index is 13.9. The summed E-state index contributed by atoms with van der Waals surface area (Å²) in [7, 11) is 0. The molecule has 4 rings (SSSR count). The highest BCUT2D eigenvalue weighted by Gasteiger charge is 2.44. The molecule has 0 unspecified atom stereocenters. The number of carbonyl (C=O) groups excluding carboxylic acids is 3. The van der Waals surface area contributed by atoms with Gasteiger partial charge in [0.15, 0.2) is 0 Å². The highest BCUT2D eigenvalue weighted by atomic mass is 19.1. The van der Waals surface area contributed by atoms with E-state index in [1.165, 1.54) is 17.0 Å². The van der Waals surface area contributed by atoms with Gasteiger partial charge in [0, 0.05) is 41.1 Å². The smallest absolute Gasteiger partial charge is 0.251 e. The molecule has 1 aliphatic rings. The zero-order valence-electron chi connectivity index (χ0n) is 19.0. The molecule has 0 saturated carbocycles. The fourth-order valence-corrected chi connectivity index (χ4v) is 4.16. The van der Waals surface area contributed by atoms with Crippen molar-refractivity contribution in [2.24, 2.45) is 5.73 Å². The zero-order valence-corrected chi connectivity index (χ0v) is 19.0. The van der Waals surface area contributed by atoms with Crippen LogP contribution in [0, 0.1) is 17.5 Å². The molecule has 3 aromatic rings. The lowest BCUT2D eigenvalue weighted by atomic mass is 9.86. The first-order chi connectivity index (χ1) is 16.5. The van der Waals surface area contributed by atoms with E-state index in [0.29, 0.717) is 34.5 Å². The molecular formula is C26H22F3N3O3. The summed E-state index contributed by atoms with van der Waals surface area (Å²) in [6.45, 7) is 3.21. The summed E-state index contributed by atoms with van der Waals surface area (Å²) in [4.78, 5) is 39.0. The second kappa shape index (κ2) is 8.90. The van der Waals surface area contributed by atoms with Gasteiger partial charge >= 0.3 is 0 Å². The van der Waals surface area contributed by atoms with Gasteiger partial charge in [0.05, 0.1) is 12.0 Å². The van der Waals surface area contributed by atoms with Crippen LogP contribution in [0.15, 0.2) is 54.6 Å². The molecule has 180 valence electrons. The highest BCUT2D eigenvalue weighted by Crippen LogP contribution is 2.42. The number of benzene rings is 3. The lowest BCUT2D eigenvalue weighted by Gasteiger charge is -2.21. The van der Waals surface area contributed by atoms with Crippen molar-refractivity contribution in [2.75, 3.05) is 4.90 Å². The van der Waals surface area contributed by atoms with E-state index in [-0.39, 0.29) is 18.0 Å². The first kappa shape index (κ1) is 24.0. The quantitative estimate of drug-likeness (QED) is 0.558. The molecule has 0 aliphatic carbocycles. The van der Waals surface area contributed by atoms with E-state index in [2.05, 4.69) is 5.32 Å². The number of carbonyl (C=O) groups is 3. The van der Waals surface area contributed by atoms with Crippen molar-refractivity contribution in [3.63, 3.8) is 0 Å². The summed E-state index contributed by atoms with van der Waals surface area (Å²) in [5.74, 6) is -4.66. The minimum atomic E-state index is -1.10. The number of hydrogen-bond acceptors (Lipinski definition) is 3. The fourth-order valence-electron chi connectivity index (χ4n) is 4.16. The Morgan fingerprint density at radius 1 is 0.971 bits per heavy atom. The third kappa shape index (κ3) is 4.49. The minimum Gasteiger partial charge on any atom is -0.366 e. The fraction of sp³-hybridized carbons (Fsp3) is 0.192. The van der Waals surface area contributed by atoms with E-state index >= 15 is 0 Å². The van der Waals surface area contributed by atoms with E-state index in [4.69, 9.17) is 5.73 Å². The van der Waals surface area contributed by atoms with Gasteiger partial charge in [-0.15, -0.1) is 0 Å². The molecule has 6 nitrogen and oxygen atoms in total. The Morgan fingerprint density at radius 3 is 2.31 bits per heavy atom. The van der Waals surface area contributed by atoms with Crippen molar-refractivity contribution in [1.29, 1.82) is 0 Å². The van der Waals surface area contributed by atoms with E-state index in [9.17, 15) is 27.6 Å². The molecule has 0 fully saturated rings. The van der Waals surface area contributed by atoms with Crippen LogP contribution in [0.3, 0.4) is 0 Å². The van der Waals surface area contributed by atoms with Crippen LogP contribution in [-0.2, 0) is 23.3 Å². The zero-order chi connectivity index (χ0) is 25.5. The van der Waals surface area contributed by atoms with Gasteiger partial charge in [0.2, 0.25) is 11.8 Å². The summed E-state index contributed by atoms with van der Waals surface area (Å²) in [5.41, 5.74) is 6.42. The lowest BCUT2D eigenvalue weighted by molar-refractivity contribution is -0.122. The van der Waals surface area contributed by atoms with Crippen LogP contribution < -0.4 is 16.0 Å². The predicted octanol–water partition coefficient (Wildman–Crippen LogP) is 3.96. The summed E-state index contributed by atoms with van der Waals surface area (Å²) in [6, 6.07) is 12.4. The SMILES string of the molecule is CC1(C)C(=O)N(Cc2cccc(C(N)=O)c2)c2cc(C(=O)NCc3c(F)cc(F)cc3F)ccc21. The molecule has 3 amide bonds. The number of hydrogen-bond donors (Lipinski definition) is 2. The Hall–Kier alpha value is -4.14. The van der Waals surface area contributed by atoms with Crippen molar-refractivity contribution in [3.05, 3.63) is 99.9 Å². The summed E-state index contributed by atoms with van der Waals surface area (Å²) < 4.78 is 40.9. The van der Waals surface area contributed by atoms with Crippen molar-refractivity contribution in [2.45, 2.75) is 32.4 Å². The van der Waals surface area contributed by atoms with Gasteiger partial charge in [-0.1, -0.05) is 18.2 Å². The first-order valence-electron chi connectivity index (χ1n) is 10.8. The third-order valence-electron chi connectivity index (χ3n) is 6.09. The Bertz CT molecular complexity index is 1350. The number of rotatable bonds is 6. The molecule has 35 heavy (non-hydrogen) atoms. The first-order valence-corrected chi connectivity index (χ1v) is 10.8. The number of primary amides is 1. The molecular weight excluding hydrogens is 459 g/mol. The minimum absolute atomic E-state index is 0.146. The monoisotopic (exact) mass is 481 g/mol. The maximum Gasteiger partial charge on any atom is 0.251 e. The maximum atomic E-state index is 13.9. The Labute approximate surface area is 199 Å². The molecule has 9 heteroatoms. The van der Waals surface area contributed by atoms with Gasteiger partial charge in [-0.2, -0.15) is 0 Å². The predicted molar refractivity (Wildman–Crippen MR) is 123 cm³/mol. The van der Waals surface area contributed by atoms with Crippen LogP contribution in [-0.4, -0.2) is 17.7 Å². The summed E-state index contributed by atoms with van der Waals surface area (Å²) in [5, 5.41) is 2.43. The Morgan fingerprint density at radius 2 is 1.66 bits per heavy atom. The molecule has 1 aliphatic heterocycles. The second-order valence-corrected chi connectivity index (χ2v) is 8.84. The van der Waals surface area contributed by atoms with E-state index in [1.54, 1.807) is 44.2 Å². The third-order valence-corrected chi connectivity index (χ3v) is 6.09. The molecule has 3 N–H and O–H groups in total. The van der Waals surface area contributed by atoms with Crippen molar-refractivity contribution in [1.82, 2.24) is 5.32 Å². The number of nitrogens with one attached hydrogen (secondary N) is 1. The van der Waals surface area contributed by atoms with E-state index < -0.39 is 46.8 Å². The largest absolute Gasteiger partial charge is 0.366 e. The normalized spacial score (nSPS) is 14.1. The van der Waals surface area contributed by atoms with Gasteiger partial charge < -0.3 is 16.0 Å². The van der Waals surface area contributed by atoms with Gasteiger partial charge in [-0.3, -0.25) is 14.4 Å². The summed E-state index contributed by atoms with van der Waals surface area (Å²) >= 11 is 0. The summed E-state index contributed by atoms with van der Waals surface area (Å²) in [6.07, 6.45) is 0. The molecule has 0 saturated heterocycles. The van der Waals surface area contributed by atoms with Crippen molar-refractivity contribution >= 4 is 23.4 Å². The van der Waals surface area contributed by atoms with Crippen LogP contribution in [0.1, 0.15) is 51.3 Å². The number of halogens is 3. The average molecular weight is 481 g/mol. The van der Waals surface area contributed by atoms with Gasteiger partial charge in [-0.05, 0) is 49.2 Å². The Kier molecular flexibility index (Phi) is 6.10.